The molecule has 0 aliphatic heterocycles. The molecular formula is C18H27IN6O. The van der Waals surface area contributed by atoms with Gasteiger partial charge in [0.15, 0.2) is 5.96 Å². The Bertz CT molecular complexity index is 741. The summed E-state index contributed by atoms with van der Waals surface area (Å²) in [5.41, 5.74) is 2.90. The van der Waals surface area contributed by atoms with Gasteiger partial charge >= 0.3 is 0 Å². The highest BCUT2D eigenvalue weighted by molar-refractivity contribution is 14.0. The van der Waals surface area contributed by atoms with Gasteiger partial charge in [-0.2, -0.15) is 5.10 Å². The highest BCUT2D eigenvalue weighted by atomic mass is 127. The molecule has 7 nitrogen and oxygen atoms in total. The number of nitrogens with zero attached hydrogens (tertiary/aromatic N) is 4. The third-order valence-electron chi connectivity index (χ3n) is 3.87. The number of aliphatic imine (C=N–C) groups is 1. The maximum Gasteiger partial charge on any atom is 0.253 e. The zero-order chi connectivity index (χ0) is 18.2. The minimum Gasteiger partial charge on any atom is -0.356 e. The van der Waals surface area contributed by atoms with Gasteiger partial charge in [-0.05, 0) is 30.2 Å². The second kappa shape index (κ2) is 10.8. The van der Waals surface area contributed by atoms with Gasteiger partial charge in [-0.1, -0.05) is 12.1 Å². The molecule has 0 unspecified atom stereocenters. The van der Waals surface area contributed by atoms with Crippen molar-refractivity contribution in [3.8, 4) is 0 Å². The Morgan fingerprint density at radius 1 is 1.27 bits per heavy atom. The standard InChI is InChI=1S/C18H26N6O.HI/c1-19-18(21-13-16-9-11-22-24(16)4)20-10-8-14-6-5-7-15(12-14)17(25)23(2)3;/h5-7,9,11-12H,8,10,13H2,1-4H3,(H2,19,20,21);1H. The molecule has 1 amide bonds. The molecule has 0 bridgehead atoms. The first-order valence-electron chi connectivity index (χ1n) is 8.23. The number of guanidine groups is 1. The van der Waals surface area contributed by atoms with Gasteiger partial charge in [0.2, 0.25) is 0 Å². The molecule has 0 saturated carbocycles. The summed E-state index contributed by atoms with van der Waals surface area (Å²) >= 11 is 0. The summed E-state index contributed by atoms with van der Waals surface area (Å²) in [6.07, 6.45) is 2.58. The van der Waals surface area contributed by atoms with Crippen LogP contribution < -0.4 is 10.6 Å². The molecule has 0 saturated heterocycles. The number of hydrogen-bond donors (Lipinski definition) is 2. The minimum atomic E-state index is 0. The summed E-state index contributed by atoms with van der Waals surface area (Å²) in [4.78, 5) is 17.8. The van der Waals surface area contributed by atoms with Crippen molar-refractivity contribution >= 4 is 35.8 Å². The maximum absolute atomic E-state index is 12.0. The second-order valence-corrected chi connectivity index (χ2v) is 5.95. The first kappa shape index (κ1) is 21.9. The molecule has 2 rings (SSSR count). The van der Waals surface area contributed by atoms with Crippen LogP contribution in [0.4, 0.5) is 0 Å². The number of halogens is 1. The fourth-order valence-corrected chi connectivity index (χ4v) is 2.41. The summed E-state index contributed by atoms with van der Waals surface area (Å²) < 4.78 is 1.83. The van der Waals surface area contributed by atoms with Crippen molar-refractivity contribution in [1.82, 2.24) is 25.3 Å². The van der Waals surface area contributed by atoms with Gasteiger partial charge in [0, 0.05) is 46.5 Å². The maximum atomic E-state index is 12.0. The molecule has 26 heavy (non-hydrogen) atoms. The molecule has 0 fully saturated rings. The van der Waals surface area contributed by atoms with E-state index in [-0.39, 0.29) is 29.9 Å². The Hall–Kier alpha value is -2.10. The van der Waals surface area contributed by atoms with Crippen molar-refractivity contribution in [2.75, 3.05) is 27.7 Å². The Morgan fingerprint density at radius 2 is 2.04 bits per heavy atom. The van der Waals surface area contributed by atoms with Crippen LogP contribution in [-0.4, -0.2) is 54.2 Å². The van der Waals surface area contributed by atoms with E-state index in [1.807, 2.05) is 42.1 Å². The molecule has 0 atom stereocenters. The van der Waals surface area contributed by atoms with Gasteiger partial charge in [-0.25, -0.2) is 0 Å². The molecule has 1 aromatic heterocycles. The van der Waals surface area contributed by atoms with Gasteiger partial charge in [-0.3, -0.25) is 14.5 Å². The van der Waals surface area contributed by atoms with Crippen LogP contribution in [-0.2, 0) is 20.0 Å². The molecule has 8 heteroatoms. The zero-order valence-electron chi connectivity index (χ0n) is 15.7. The Balaban J connectivity index is 0.00000338. The molecule has 2 aromatic rings. The van der Waals surface area contributed by atoms with E-state index >= 15 is 0 Å². The van der Waals surface area contributed by atoms with E-state index < -0.39 is 0 Å². The Labute approximate surface area is 171 Å². The van der Waals surface area contributed by atoms with Crippen LogP contribution in [0, 0.1) is 0 Å². The summed E-state index contributed by atoms with van der Waals surface area (Å²) in [7, 11) is 7.17. The van der Waals surface area contributed by atoms with Gasteiger partial charge in [0.1, 0.15) is 0 Å². The highest BCUT2D eigenvalue weighted by Crippen LogP contribution is 2.07. The third kappa shape index (κ3) is 6.32. The summed E-state index contributed by atoms with van der Waals surface area (Å²) in [5.74, 6) is 0.755. The largest absolute Gasteiger partial charge is 0.356 e. The number of nitrogens with one attached hydrogen (secondary N) is 2. The van der Waals surface area contributed by atoms with E-state index in [1.165, 1.54) is 0 Å². The van der Waals surface area contributed by atoms with E-state index in [1.54, 1.807) is 32.2 Å². The van der Waals surface area contributed by atoms with Crippen molar-refractivity contribution in [2.45, 2.75) is 13.0 Å². The van der Waals surface area contributed by atoms with Crippen molar-refractivity contribution < 1.29 is 4.79 Å². The molecule has 0 aliphatic carbocycles. The summed E-state index contributed by atoms with van der Waals surface area (Å²) in [6.45, 7) is 1.38. The van der Waals surface area contributed by atoms with Gasteiger partial charge in [-0.15, -0.1) is 24.0 Å². The Morgan fingerprint density at radius 3 is 2.65 bits per heavy atom. The van der Waals surface area contributed by atoms with Crippen LogP contribution in [0.3, 0.4) is 0 Å². The lowest BCUT2D eigenvalue weighted by Crippen LogP contribution is -2.38. The van der Waals surface area contributed by atoms with E-state index in [0.717, 1.165) is 30.2 Å². The number of rotatable bonds is 6. The van der Waals surface area contributed by atoms with Crippen LogP contribution in [0.5, 0.6) is 0 Å². The molecule has 1 aromatic carbocycles. The number of aryl methyl sites for hydroxylation is 1. The smallest absolute Gasteiger partial charge is 0.253 e. The van der Waals surface area contributed by atoms with Gasteiger partial charge < -0.3 is 15.5 Å². The molecule has 1 heterocycles. The average Bonchev–Trinajstić information content (AvgIpc) is 3.02. The van der Waals surface area contributed by atoms with E-state index in [0.29, 0.717) is 12.1 Å². The number of carbonyl (C=O) groups excluding carboxylic acids is 1. The van der Waals surface area contributed by atoms with Crippen LogP contribution in [0.15, 0.2) is 41.5 Å². The van der Waals surface area contributed by atoms with Crippen molar-refractivity contribution in [1.29, 1.82) is 0 Å². The number of amides is 1. The Kier molecular flexibility index (Phi) is 9.11. The van der Waals surface area contributed by atoms with Gasteiger partial charge in [0.25, 0.3) is 5.91 Å². The van der Waals surface area contributed by atoms with E-state index in [9.17, 15) is 4.79 Å². The summed E-state index contributed by atoms with van der Waals surface area (Å²) in [5, 5.41) is 10.7. The lowest BCUT2D eigenvalue weighted by Gasteiger charge is -2.13. The number of aromatic nitrogens is 2. The molecule has 0 spiro atoms. The van der Waals surface area contributed by atoms with E-state index in [2.05, 4.69) is 20.7 Å². The first-order chi connectivity index (χ1) is 12.0. The van der Waals surface area contributed by atoms with Crippen LogP contribution in [0.1, 0.15) is 21.6 Å². The highest BCUT2D eigenvalue weighted by Gasteiger charge is 2.08. The molecule has 0 radical (unpaired) electrons. The zero-order valence-corrected chi connectivity index (χ0v) is 18.0. The average molecular weight is 470 g/mol. The summed E-state index contributed by atoms with van der Waals surface area (Å²) in [6, 6.07) is 9.69. The van der Waals surface area contributed by atoms with Crippen molar-refractivity contribution in [3.63, 3.8) is 0 Å². The number of carbonyl (C=O) groups is 1. The number of hydrogen-bond acceptors (Lipinski definition) is 3. The normalized spacial score (nSPS) is 10.8. The SMILES string of the molecule is CN=C(NCCc1cccc(C(=O)N(C)C)c1)NCc1ccnn1C.I. The molecule has 142 valence electrons. The van der Waals surface area contributed by atoms with E-state index in [4.69, 9.17) is 0 Å². The van der Waals surface area contributed by atoms with Gasteiger partial charge in [0.05, 0.1) is 12.2 Å². The quantitative estimate of drug-likeness (QED) is 0.383. The van der Waals surface area contributed by atoms with Crippen molar-refractivity contribution in [3.05, 3.63) is 53.3 Å². The third-order valence-corrected chi connectivity index (χ3v) is 3.87. The predicted octanol–water partition coefficient (Wildman–Crippen LogP) is 1.65. The molecule has 0 aliphatic rings. The van der Waals surface area contributed by atoms with Crippen LogP contribution >= 0.6 is 24.0 Å². The van der Waals surface area contributed by atoms with Crippen molar-refractivity contribution in [2.24, 2.45) is 12.0 Å². The monoisotopic (exact) mass is 470 g/mol. The first-order valence-corrected chi connectivity index (χ1v) is 8.23. The van der Waals surface area contributed by atoms with Crippen LogP contribution in [0.25, 0.3) is 0 Å². The van der Waals surface area contributed by atoms with Crippen LogP contribution in [0.2, 0.25) is 0 Å². The lowest BCUT2D eigenvalue weighted by atomic mass is 10.1. The minimum absolute atomic E-state index is 0. The molecular weight excluding hydrogens is 443 g/mol. The topological polar surface area (TPSA) is 74.6 Å². The second-order valence-electron chi connectivity index (χ2n) is 5.95. The fourth-order valence-electron chi connectivity index (χ4n) is 2.41. The fraction of sp³-hybridized carbons (Fsp3) is 0.389. The molecule has 2 N–H and O–H groups in total. The lowest BCUT2D eigenvalue weighted by molar-refractivity contribution is 0.0827. The number of benzene rings is 1. The predicted molar refractivity (Wildman–Crippen MR) is 115 cm³/mol.